The first-order valence-corrected chi connectivity index (χ1v) is 8.84. The Labute approximate surface area is 150 Å². The molecule has 1 unspecified atom stereocenters. The fraction of sp³-hybridized carbons (Fsp3) is 0.143. The van der Waals surface area contributed by atoms with Crippen LogP contribution >= 0.6 is 11.3 Å². The van der Waals surface area contributed by atoms with Crippen LogP contribution in [0, 0.1) is 0 Å². The Hall–Kier alpha value is -2.72. The van der Waals surface area contributed by atoms with Crippen molar-refractivity contribution >= 4 is 23.1 Å². The number of hydrogen-bond acceptors (Lipinski definition) is 4. The molecular weight excluding hydrogens is 332 g/mol. The van der Waals surface area contributed by atoms with Gasteiger partial charge in [-0.2, -0.15) is 0 Å². The Morgan fingerprint density at radius 2 is 1.68 bits per heavy atom. The number of carbonyl (C=O) groups excluding carboxylic acids is 2. The molecule has 3 rings (SSSR count). The molecule has 3 nitrogen and oxygen atoms in total. The second-order valence-electron chi connectivity index (χ2n) is 5.77. The molecule has 0 fully saturated rings. The number of carbonyl (C=O) groups is 2. The summed E-state index contributed by atoms with van der Waals surface area (Å²) in [6, 6.07) is 18.8. The zero-order valence-corrected chi connectivity index (χ0v) is 14.9. The minimum Gasteiger partial charge on any atom is -0.465 e. The van der Waals surface area contributed by atoms with Gasteiger partial charge in [0, 0.05) is 11.5 Å². The van der Waals surface area contributed by atoms with Gasteiger partial charge in [0.25, 0.3) is 0 Å². The van der Waals surface area contributed by atoms with Gasteiger partial charge in [0.2, 0.25) is 5.78 Å². The second kappa shape index (κ2) is 7.45. The van der Waals surface area contributed by atoms with Crippen LogP contribution in [0.5, 0.6) is 0 Å². The van der Waals surface area contributed by atoms with E-state index in [9.17, 15) is 9.59 Å². The summed E-state index contributed by atoms with van der Waals surface area (Å²) in [7, 11) is 1.37. The first kappa shape index (κ1) is 17.1. The third-order valence-electron chi connectivity index (χ3n) is 4.23. The quantitative estimate of drug-likeness (QED) is 0.485. The number of rotatable bonds is 5. The molecule has 0 amide bonds. The molecule has 1 heterocycles. The fourth-order valence-corrected chi connectivity index (χ4v) is 3.40. The molecule has 0 saturated heterocycles. The van der Waals surface area contributed by atoms with E-state index >= 15 is 0 Å². The smallest absolute Gasteiger partial charge is 0.337 e. The molecular formula is C21H18O3S. The number of thiophene rings is 1. The zero-order valence-electron chi connectivity index (χ0n) is 14.1. The summed E-state index contributed by atoms with van der Waals surface area (Å²) in [4.78, 5) is 24.8. The number of hydrogen-bond donors (Lipinski definition) is 0. The highest BCUT2D eigenvalue weighted by molar-refractivity contribution is 7.12. The van der Waals surface area contributed by atoms with Crippen molar-refractivity contribution in [1.29, 1.82) is 0 Å². The van der Waals surface area contributed by atoms with Crippen LogP contribution in [-0.4, -0.2) is 18.9 Å². The van der Waals surface area contributed by atoms with E-state index in [0.29, 0.717) is 11.1 Å². The highest BCUT2D eigenvalue weighted by Crippen LogP contribution is 2.26. The molecule has 0 aliphatic carbocycles. The Bertz CT molecular complexity index is 880. The van der Waals surface area contributed by atoms with E-state index in [-0.39, 0.29) is 17.7 Å². The number of benzene rings is 2. The van der Waals surface area contributed by atoms with E-state index in [1.807, 2.05) is 53.9 Å². The van der Waals surface area contributed by atoms with Crippen molar-refractivity contribution in [3.05, 3.63) is 93.2 Å². The van der Waals surface area contributed by atoms with E-state index in [2.05, 4.69) is 6.92 Å². The fourth-order valence-electron chi connectivity index (χ4n) is 2.72. The van der Waals surface area contributed by atoms with Crippen molar-refractivity contribution in [2.75, 3.05) is 7.11 Å². The van der Waals surface area contributed by atoms with Gasteiger partial charge in [0.1, 0.15) is 0 Å². The Morgan fingerprint density at radius 3 is 2.32 bits per heavy atom. The number of methoxy groups -OCH3 is 1. The molecule has 25 heavy (non-hydrogen) atoms. The van der Waals surface area contributed by atoms with Gasteiger partial charge in [-0.15, -0.1) is 11.3 Å². The van der Waals surface area contributed by atoms with Crippen molar-refractivity contribution in [2.24, 2.45) is 0 Å². The molecule has 3 aromatic rings. The number of ketones is 1. The molecule has 0 radical (unpaired) electrons. The molecule has 1 atom stereocenters. The van der Waals surface area contributed by atoms with Gasteiger partial charge in [0.05, 0.1) is 17.6 Å². The molecule has 0 N–H and O–H groups in total. The summed E-state index contributed by atoms with van der Waals surface area (Å²) in [6.45, 7) is 2.09. The molecule has 2 aromatic carbocycles. The maximum atomic E-state index is 12.5. The lowest BCUT2D eigenvalue weighted by Crippen LogP contribution is -2.04. The van der Waals surface area contributed by atoms with Crippen LogP contribution in [0.15, 0.2) is 66.0 Å². The van der Waals surface area contributed by atoms with Crippen molar-refractivity contribution in [3.8, 4) is 0 Å². The molecule has 1 aromatic heterocycles. The molecule has 0 saturated carbocycles. The average molecular weight is 350 g/mol. The second-order valence-corrected chi connectivity index (χ2v) is 6.71. The van der Waals surface area contributed by atoms with Crippen molar-refractivity contribution in [2.45, 2.75) is 12.8 Å². The van der Waals surface area contributed by atoms with Gasteiger partial charge in [0.15, 0.2) is 0 Å². The first-order chi connectivity index (χ1) is 12.1. The summed E-state index contributed by atoms with van der Waals surface area (Å²) >= 11 is 1.45. The average Bonchev–Trinajstić information content (AvgIpc) is 3.21. The van der Waals surface area contributed by atoms with Crippen molar-refractivity contribution in [1.82, 2.24) is 0 Å². The van der Waals surface area contributed by atoms with Crippen LogP contribution in [0.1, 0.15) is 49.6 Å². The summed E-state index contributed by atoms with van der Waals surface area (Å²) in [5.41, 5.74) is 3.36. The Balaban J connectivity index is 1.85. The van der Waals surface area contributed by atoms with Crippen LogP contribution in [0.2, 0.25) is 0 Å². The van der Waals surface area contributed by atoms with Crippen LogP contribution in [-0.2, 0) is 4.74 Å². The predicted molar refractivity (Wildman–Crippen MR) is 99.5 cm³/mol. The maximum Gasteiger partial charge on any atom is 0.337 e. The van der Waals surface area contributed by atoms with Crippen LogP contribution in [0.25, 0.3) is 0 Å². The third-order valence-corrected chi connectivity index (χ3v) is 5.09. The minimum atomic E-state index is -0.345. The summed E-state index contributed by atoms with van der Waals surface area (Å²) < 4.78 is 4.72. The van der Waals surface area contributed by atoms with Crippen LogP contribution in [0.4, 0.5) is 0 Å². The van der Waals surface area contributed by atoms with Crippen molar-refractivity contribution in [3.63, 3.8) is 0 Å². The molecule has 0 bridgehead atoms. The Morgan fingerprint density at radius 1 is 0.920 bits per heavy atom. The summed E-state index contributed by atoms with van der Waals surface area (Å²) in [6.07, 6.45) is 0. The van der Waals surface area contributed by atoms with Crippen LogP contribution < -0.4 is 0 Å². The zero-order chi connectivity index (χ0) is 17.8. The van der Waals surface area contributed by atoms with Gasteiger partial charge in [-0.05, 0) is 40.8 Å². The summed E-state index contributed by atoms with van der Waals surface area (Å²) in [5.74, 6) is -0.185. The van der Waals surface area contributed by atoms with Gasteiger partial charge >= 0.3 is 5.97 Å². The SMILES string of the molecule is COC(=O)c1ccc(C(C)c2cccc(C(=O)c3cccs3)c2)cc1. The molecule has 0 aliphatic heterocycles. The van der Waals surface area contributed by atoms with E-state index in [0.717, 1.165) is 16.0 Å². The lowest BCUT2D eigenvalue weighted by Gasteiger charge is -2.14. The molecule has 0 aliphatic rings. The number of ether oxygens (including phenoxy) is 1. The predicted octanol–water partition coefficient (Wildman–Crippen LogP) is 4.92. The highest BCUT2D eigenvalue weighted by atomic mass is 32.1. The maximum absolute atomic E-state index is 12.5. The summed E-state index contributed by atoms with van der Waals surface area (Å²) in [5, 5.41) is 1.91. The molecule has 126 valence electrons. The topological polar surface area (TPSA) is 43.4 Å². The van der Waals surface area contributed by atoms with Gasteiger partial charge in [-0.25, -0.2) is 4.79 Å². The largest absolute Gasteiger partial charge is 0.465 e. The van der Waals surface area contributed by atoms with E-state index < -0.39 is 0 Å². The first-order valence-electron chi connectivity index (χ1n) is 7.96. The Kier molecular flexibility index (Phi) is 5.10. The molecule has 0 spiro atoms. The lowest BCUT2D eigenvalue weighted by atomic mass is 9.91. The highest BCUT2D eigenvalue weighted by Gasteiger charge is 2.14. The standard InChI is InChI=1S/C21H18O3S/c1-14(15-8-10-16(11-9-15)21(23)24-2)17-5-3-6-18(13-17)20(22)19-7-4-12-25-19/h3-14H,1-2H3. The van der Waals surface area contributed by atoms with E-state index in [4.69, 9.17) is 4.74 Å². The van der Waals surface area contributed by atoms with Gasteiger partial charge in [-0.3, -0.25) is 4.79 Å². The lowest BCUT2D eigenvalue weighted by molar-refractivity contribution is 0.0600. The number of esters is 1. The van der Waals surface area contributed by atoms with Gasteiger partial charge < -0.3 is 4.74 Å². The van der Waals surface area contributed by atoms with Gasteiger partial charge in [-0.1, -0.05) is 43.3 Å². The monoisotopic (exact) mass is 350 g/mol. The molecule has 4 heteroatoms. The van der Waals surface area contributed by atoms with E-state index in [1.165, 1.54) is 18.4 Å². The van der Waals surface area contributed by atoms with Crippen molar-refractivity contribution < 1.29 is 14.3 Å². The van der Waals surface area contributed by atoms with E-state index in [1.54, 1.807) is 12.1 Å². The third kappa shape index (κ3) is 3.69. The van der Waals surface area contributed by atoms with Crippen LogP contribution in [0.3, 0.4) is 0 Å². The normalized spacial score (nSPS) is 11.8. The minimum absolute atomic E-state index is 0.0464.